The molecular weight excluding hydrogens is 817 g/mol. The fourth-order valence-electron chi connectivity index (χ4n) is 10.2. The number of H-pyrrole nitrogens is 2. The molecule has 0 saturated heterocycles. The van der Waals surface area contributed by atoms with E-state index < -0.39 is 0 Å². The van der Waals surface area contributed by atoms with Crippen molar-refractivity contribution in [2.45, 2.75) is 0 Å². The Morgan fingerprint density at radius 3 is 1.06 bits per heavy atom. The van der Waals surface area contributed by atoms with Crippen LogP contribution in [0.25, 0.3) is 94.7 Å². The van der Waals surface area contributed by atoms with E-state index in [9.17, 15) is 0 Å². The van der Waals surface area contributed by atoms with Gasteiger partial charge in [-0.25, -0.2) is 0 Å². The maximum absolute atomic E-state index is 3.67. The van der Waals surface area contributed by atoms with Crippen molar-refractivity contribution in [3.05, 3.63) is 206 Å². The van der Waals surface area contributed by atoms with E-state index in [1.165, 1.54) is 72.7 Å². The fourth-order valence-corrected chi connectivity index (χ4v) is 12.5. The number of hydrogen-bond donors (Lipinski definition) is 2. The van der Waals surface area contributed by atoms with Crippen molar-refractivity contribution in [1.29, 1.82) is 0 Å². The summed E-state index contributed by atoms with van der Waals surface area (Å²) in [6.07, 6.45) is 0. The first-order chi connectivity index (χ1) is 31.7. The minimum Gasteiger partial charge on any atom is -0.354 e. The smallest absolute Gasteiger partial charge is 0.0485 e. The average Bonchev–Trinajstić information content (AvgIpc) is 4.11. The molecule has 0 fully saturated rings. The van der Waals surface area contributed by atoms with Crippen molar-refractivity contribution in [3.63, 3.8) is 0 Å². The minimum atomic E-state index is 1.12. The Bertz CT molecular complexity index is 3890. The van der Waals surface area contributed by atoms with Crippen LogP contribution in [0.15, 0.2) is 206 Å². The van der Waals surface area contributed by atoms with Gasteiger partial charge in [0.2, 0.25) is 0 Å². The van der Waals surface area contributed by atoms with Gasteiger partial charge in [0.1, 0.15) is 0 Å². The van der Waals surface area contributed by atoms with Crippen LogP contribution in [-0.2, 0) is 0 Å². The zero-order valence-corrected chi connectivity index (χ0v) is 36.0. The average molecular weight is 853 g/mol. The molecule has 0 radical (unpaired) electrons. The van der Waals surface area contributed by atoms with Gasteiger partial charge in [-0.05, 0) is 108 Å². The van der Waals surface area contributed by atoms with Crippen LogP contribution in [0.5, 0.6) is 0 Å². The van der Waals surface area contributed by atoms with Gasteiger partial charge in [0.05, 0.1) is 0 Å². The number of benzene rings is 10. The van der Waals surface area contributed by atoms with Crippen molar-refractivity contribution in [3.8, 4) is 0 Å². The third kappa shape index (κ3) is 5.40. The zero-order valence-electron chi connectivity index (χ0n) is 34.3. The van der Waals surface area contributed by atoms with E-state index in [0.29, 0.717) is 0 Å². The Morgan fingerprint density at radius 2 is 0.609 bits per heavy atom. The molecule has 4 nitrogen and oxygen atoms in total. The number of aromatic nitrogens is 2. The van der Waals surface area contributed by atoms with Crippen molar-refractivity contribution in [1.82, 2.24) is 9.97 Å². The molecule has 0 spiro atoms. The van der Waals surface area contributed by atoms with Gasteiger partial charge >= 0.3 is 0 Å². The number of anilines is 6. The fraction of sp³-hybridized carbons (Fsp3) is 0. The predicted molar refractivity (Wildman–Crippen MR) is 278 cm³/mol. The van der Waals surface area contributed by atoms with Crippen LogP contribution in [0.3, 0.4) is 0 Å². The highest BCUT2D eigenvalue weighted by Gasteiger charge is 2.20. The molecule has 300 valence electrons. The number of para-hydroxylation sites is 4. The van der Waals surface area contributed by atoms with Crippen LogP contribution in [-0.4, -0.2) is 9.97 Å². The third-order valence-electron chi connectivity index (χ3n) is 13.1. The molecule has 64 heavy (non-hydrogen) atoms. The summed E-state index contributed by atoms with van der Waals surface area (Å²) in [5, 5.41) is 12.8. The number of rotatable bonds is 6. The highest BCUT2D eigenvalue weighted by atomic mass is 32.1. The van der Waals surface area contributed by atoms with Crippen molar-refractivity contribution in [2.24, 2.45) is 0 Å². The zero-order chi connectivity index (χ0) is 41.9. The van der Waals surface area contributed by atoms with Gasteiger partial charge < -0.3 is 19.8 Å². The molecule has 0 aliphatic heterocycles. The van der Waals surface area contributed by atoms with Crippen LogP contribution < -0.4 is 9.80 Å². The van der Waals surface area contributed by atoms with Gasteiger partial charge in [-0.15, -0.1) is 22.7 Å². The monoisotopic (exact) mass is 852 g/mol. The minimum absolute atomic E-state index is 1.12. The second-order valence-electron chi connectivity index (χ2n) is 16.7. The molecule has 0 atom stereocenters. The lowest BCUT2D eigenvalue weighted by Crippen LogP contribution is -2.09. The molecule has 0 aliphatic carbocycles. The highest BCUT2D eigenvalue weighted by molar-refractivity contribution is 7.26. The van der Waals surface area contributed by atoms with Gasteiger partial charge in [0, 0.05) is 118 Å². The Labute approximate surface area is 375 Å². The molecule has 14 aromatic rings. The van der Waals surface area contributed by atoms with Crippen LogP contribution in [0.4, 0.5) is 34.1 Å². The van der Waals surface area contributed by atoms with E-state index in [-0.39, 0.29) is 0 Å². The normalized spacial score (nSPS) is 12.1. The quantitative estimate of drug-likeness (QED) is 0.175. The van der Waals surface area contributed by atoms with Crippen LogP contribution in [0.1, 0.15) is 0 Å². The molecule has 0 unspecified atom stereocenters. The molecule has 14 rings (SSSR count). The Balaban J connectivity index is 0.890. The second-order valence-corrected chi connectivity index (χ2v) is 18.8. The van der Waals surface area contributed by atoms with Gasteiger partial charge in [0.15, 0.2) is 0 Å². The highest BCUT2D eigenvalue weighted by Crippen LogP contribution is 2.48. The lowest BCUT2D eigenvalue weighted by molar-refractivity contribution is 1.29. The summed E-state index contributed by atoms with van der Waals surface area (Å²) in [5.74, 6) is 0. The Kier molecular flexibility index (Phi) is 7.69. The van der Waals surface area contributed by atoms with E-state index in [0.717, 1.165) is 56.2 Å². The molecule has 6 heteroatoms. The van der Waals surface area contributed by atoms with Crippen molar-refractivity contribution in [2.75, 3.05) is 9.80 Å². The summed E-state index contributed by atoms with van der Waals surface area (Å²) < 4.78 is 5.16. The predicted octanol–water partition coefficient (Wildman–Crippen LogP) is 17.8. The Morgan fingerprint density at radius 1 is 0.250 bits per heavy atom. The summed E-state index contributed by atoms with van der Waals surface area (Å²) in [6.45, 7) is 0. The molecule has 0 saturated carbocycles. The summed E-state index contributed by atoms with van der Waals surface area (Å²) in [4.78, 5) is 12.1. The molecule has 2 N–H and O–H groups in total. The van der Waals surface area contributed by atoms with E-state index in [1.807, 2.05) is 22.7 Å². The van der Waals surface area contributed by atoms with E-state index >= 15 is 0 Å². The Hall–Kier alpha value is -7.90. The molecular formula is C58H36N4S2. The molecule has 10 aromatic carbocycles. The SMILES string of the molecule is c1ccc(N(c2ccc3c(c2)[nH]c2ccccc23)c2ccc3c(c2)sc2ccc4c(ccc5sc6cc(N(c7ccccc7)c7ccc8c(c7)[nH]c7ccccc78)ccc6c54)c23)cc1. The lowest BCUT2D eigenvalue weighted by atomic mass is 9.99. The first kappa shape index (κ1) is 35.7. The summed E-state index contributed by atoms with van der Waals surface area (Å²) in [7, 11) is 0. The molecule has 4 heterocycles. The number of nitrogens with one attached hydrogen (secondary N) is 2. The summed E-state index contributed by atoms with van der Waals surface area (Å²) in [6, 6.07) is 75.5. The van der Waals surface area contributed by atoms with Gasteiger partial charge in [-0.1, -0.05) is 109 Å². The maximum atomic E-state index is 3.67. The number of hydrogen-bond acceptors (Lipinski definition) is 4. The van der Waals surface area contributed by atoms with Crippen LogP contribution >= 0.6 is 22.7 Å². The molecule has 0 aliphatic rings. The first-order valence-electron chi connectivity index (χ1n) is 21.7. The summed E-state index contributed by atoms with van der Waals surface area (Å²) >= 11 is 3.76. The largest absolute Gasteiger partial charge is 0.354 e. The van der Waals surface area contributed by atoms with Crippen molar-refractivity contribution >= 4 is 152 Å². The van der Waals surface area contributed by atoms with Gasteiger partial charge in [-0.2, -0.15) is 0 Å². The van der Waals surface area contributed by atoms with Gasteiger partial charge in [-0.3, -0.25) is 0 Å². The number of aromatic amines is 2. The summed E-state index contributed by atoms with van der Waals surface area (Å²) in [5.41, 5.74) is 11.3. The standard InChI is InChI=1S/C58H36N4S2/c1-3-11-35(12-4-1)61(37-19-23-43-41-15-7-9-17-49(41)59-51(43)31-37)39-21-25-47-55(33-39)63-53-29-27-46-45(57(47)53)28-30-54-58(46)48-26-22-40(34-56(48)64-54)62(36-13-5-2-6-14-36)38-20-24-44-42-16-8-10-18-50(42)60-52(44)32-38/h1-34,59-60H. The third-order valence-corrected chi connectivity index (χ3v) is 15.3. The van der Waals surface area contributed by atoms with Crippen LogP contribution in [0, 0.1) is 0 Å². The van der Waals surface area contributed by atoms with E-state index in [4.69, 9.17) is 0 Å². The van der Waals surface area contributed by atoms with E-state index in [1.54, 1.807) is 0 Å². The van der Waals surface area contributed by atoms with Gasteiger partial charge in [0.25, 0.3) is 0 Å². The molecule has 0 amide bonds. The molecule has 4 aromatic heterocycles. The second kappa shape index (κ2) is 13.8. The lowest BCUT2D eigenvalue weighted by Gasteiger charge is -2.25. The topological polar surface area (TPSA) is 38.1 Å². The van der Waals surface area contributed by atoms with Crippen LogP contribution in [0.2, 0.25) is 0 Å². The maximum Gasteiger partial charge on any atom is 0.0485 e. The first-order valence-corrected chi connectivity index (χ1v) is 23.3. The van der Waals surface area contributed by atoms with Crippen molar-refractivity contribution < 1.29 is 0 Å². The number of thiophene rings is 2. The van der Waals surface area contributed by atoms with E-state index in [2.05, 4.69) is 226 Å². The molecule has 0 bridgehead atoms. The number of nitrogens with zero attached hydrogens (tertiary/aromatic N) is 2. The number of fused-ring (bicyclic) bond motifs is 15.